The van der Waals surface area contributed by atoms with Gasteiger partial charge in [-0.05, 0) is 41.5 Å². The van der Waals surface area contributed by atoms with Crippen molar-refractivity contribution < 1.29 is 22.4 Å². The molecule has 0 fully saturated rings. The molecule has 7 nitrogen and oxygen atoms in total. The van der Waals surface area contributed by atoms with E-state index in [-0.39, 0.29) is 17.1 Å². The number of fused-ring (bicyclic) bond motifs is 3. The lowest BCUT2D eigenvalue weighted by atomic mass is 10.0. The van der Waals surface area contributed by atoms with E-state index < -0.39 is 21.6 Å². The van der Waals surface area contributed by atoms with Crippen LogP contribution in [0.25, 0.3) is 21.7 Å². The first-order valence-electron chi connectivity index (χ1n) is 9.83. The van der Waals surface area contributed by atoms with Crippen LogP contribution in [0.1, 0.15) is 21.5 Å². The zero-order valence-electron chi connectivity index (χ0n) is 17.8. The highest BCUT2D eigenvalue weighted by atomic mass is 32.2. The maximum atomic E-state index is 12.8. The van der Waals surface area contributed by atoms with E-state index in [2.05, 4.69) is 0 Å². The van der Waals surface area contributed by atoms with Crippen molar-refractivity contribution in [2.24, 2.45) is 0 Å². The minimum atomic E-state index is -3.70. The van der Waals surface area contributed by atoms with Crippen LogP contribution in [0.4, 0.5) is 0 Å². The SMILES string of the molecule is Cc1ccc(S(=O)(=O)N(C)C)cc1C(=O)OCc1cc(=O)oc2ccc3ccccc3c12. The molecule has 0 unspecified atom stereocenters. The van der Waals surface area contributed by atoms with Crippen LogP contribution in [-0.2, 0) is 21.4 Å². The Bertz CT molecular complexity index is 1520. The van der Waals surface area contributed by atoms with E-state index in [4.69, 9.17) is 9.15 Å². The molecule has 0 saturated heterocycles. The van der Waals surface area contributed by atoms with Crippen molar-refractivity contribution in [3.05, 3.63) is 87.8 Å². The van der Waals surface area contributed by atoms with Crippen LogP contribution in [0.3, 0.4) is 0 Å². The van der Waals surface area contributed by atoms with E-state index in [1.54, 1.807) is 19.1 Å². The Kier molecular flexibility index (Phi) is 5.58. The minimum absolute atomic E-state index is 0.00292. The van der Waals surface area contributed by atoms with Gasteiger partial charge in [-0.1, -0.05) is 36.4 Å². The first-order valence-corrected chi connectivity index (χ1v) is 11.3. The molecule has 0 spiro atoms. The summed E-state index contributed by atoms with van der Waals surface area (Å²) < 4.78 is 36.8. The van der Waals surface area contributed by atoms with Crippen molar-refractivity contribution in [1.29, 1.82) is 0 Å². The van der Waals surface area contributed by atoms with Gasteiger partial charge in [0.25, 0.3) is 0 Å². The molecule has 1 heterocycles. The highest BCUT2D eigenvalue weighted by molar-refractivity contribution is 7.89. The molecular weight excluding hydrogens is 430 g/mol. The van der Waals surface area contributed by atoms with E-state index in [9.17, 15) is 18.0 Å². The summed E-state index contributed by atoms with van der Waals surface area (Å²) in [6.07, 6.45) is 0. The van der Waals surface area contributed by atoms with E-state index >= 15 is 0 Å². The fourth-order valence-electron chi connectivity index (χ4n) is 3.55. The molecule has 8 heteroatoms. The first-order chi connectivity index (χ1) is 15.2. The largest absolute Gasteiger partial charge is 0.457 e. The standard InChI is InChI=1S/C24H21NO6S/c1-15-8-10-18(32(28,29)25(2)3)13-20(15)24(27)30-14-17-12-22(26)31-21-11-9-16-6-4-5-7-19(16)23(17)21/h4-13H,14H2,1-3H3. The lowest BCUT2D eigenvalue weighted by molar-refractivity contribution is 0.0472. The molecule has 4 rings (SSSR count). The van der Waals surface area contributed by atoms with Crippen molar-refractivity contribution in [1.82, 2.24) is 4.31 Å². The van der Waals surface area contributed by atoms with Gasteiger partial charge in [-0.15, -0.1) is 0 Å². The van der Waals surface area contributed by atoms with Gasteiger partial charge in [-0.3, -0.25) is 0 Å². The van der Waals surface area contributed by atoms with Crippen LogP contribution in [0.5, 0.6) is 0 Å². The molecule has 0 aliphatic carbocycles. The first kappa shape index (κ1) is 21.7. The average molecular weight is 452 g/mol. The number of sulfonamides is 1. The molecule has 0 aliphatic heterocycles. The number of carbonyl (C=O) groups is 1. The third kappa shape index (κ3) is 3.90. The average Bonchev–Trinajstić information content (AvgIpc) is 2.76. The Morgan fingerprint density at radius 1 is 1.03 bits per heavy atom. The molecule has 3 aromatic carbocycles. The summed E-state index contributed by atoms with van der Waals surface area (Å²) in [6, 6.07) is 16.8. The minimum Gasteiger partial charge on any atom is -0.457 e. The molecule has 0 saturated carbocycles. The number of carbonyl (C=O) groups excluding carboxylic acids is 1. The number of nitrogens with zero attached hydrogens (tertiary/aromatic N) is 1. The normalized spacial score (nSPS) is 11.9. The Labute approximate surface area is 184 Å². The molecule has 0 radical (unpaired) electrons. The number of esters is 1. The number of hydrogen-bond donors (Lipinski definition) is 0. The van der Waals surface area contributed by atoms with E-state index in [0.29, 0.717) is 22.1 Å². The van der Waals surface area contributed by atoms with Gasteiger partial charge in [0.15, 0.2) is 0 Å². The van der Waals surface area contributed by atoms with Crippen LogP contribution in [0.2, 0.25) is 0 Å². The van der Waals surface area contributed by atoms with Gasteiger partial charge in [0.2, 0.25) is 10.0 Å². The van der Waals surface area contributed by atoms with Crippen LogP contribution in [-0.4, -0.2) is 32.8 Å². The van der Waals surface area contributed by atoms with E-state index in [1.165, 1.54) is 32.3 Å². The number of rotatable bonds is 5. The monoisotopic (exact) mass is 451 g/mol. The van der Waals surface area contributed by atoms with Crippen LogP contribution in [0.15, 0.2) is 74.8 Å². The van der Waals surface area contributed by atoms with E-state index in [0.717, 1.165) is 15.1 Å². The summed E-state index contributed by atoms with van der Waals surface area (Å²) in [5, 5.41) is 2.52. The lowest BCUT2D eigenvalue weighted by Crippen LogP contribution is -2.22. The second-order valence-electron chi connectivity index (χ2n) is 7.59. The smallest absolute Gasteiger partial charge is 0.338 e. The Hall–Kier alpha value is -3.49. The van der Waals surface area contributed by atoms with Gasteiger partial charge < -0.3 is 9.15 Å². The third-order valence-corrected chi connectivity index (χ3v) is 7.09. The predicted molar refractivity (Wildman–Crippen MR) is 121 cm³/mol. The highest BCUT2D eigenvalue weighted by Gasteiger charge is 2.21. The number of aryl methyl sites for hydroxylation is 1. The molecule has 32 heavy (non-hydrogen) atoms. The van der Waals surface area contributed by atoms with Gasteiger partial charge >= 0.3 is 11.6 Å². The molecular formula is C24H21NO6S. The van der Waals surface area contributed by atoms with Crippen LogP contribution < -0.4 is 5.63 Å². The van der Waals surface area contributed by atoms with Gasteiger partial charge in [-0.25, -0.2) is 22.3 Å². The summed E-state index contributed by atoms with van der Waals surface area (Å²) in [5.74, 6) is -0.681. The fraction of sp³-hybridized carbons (Fsp3) is 0.167. The number of hydrogen-bond acceptors (Lipinski definition) is 6. The zero-order valence-corrected chi connectivity index (χ0v) is 18.6. The quantitative estimate of drug-likeness (QED) is 0.260. The Morgan fingerprint density at radius 2 is 1.78 bits per heavy atom. The topological polar surface area (TPSA) is 93.9 Å². The molecule has 4 aromatic rings. The van der Waals surface area contributed by atoms with Crippen molar-refractivity contribution in [3.8, 4) is 0 Å². The fourth-order valence-corrected chi connectivity index (χ4v) is 4.48. The molecule has 1 aromatic heterocycles. The molecule has 0 aliphatic rings. The molecule has 0 N–H and O–H groups in total. The number of benzene rings is 3. The molecule has 0 atom stereocenters. The van der Waals surface area contributed by atoms with E-state index in [1.807, 2.05) is 30.3 Å². The summed E-state index contributed by atoms with van der Waals surface area (Å²) in [5.41, 5.74) is 1.09. The lowest BCUT2D eigenvalue weighted by Gasteiger charge is -2.14. The van der Waals surface area contributed by atoms with Crippen molar-refractivity contribution in [2.75, 3.05) is 14.1 Å². The predicted octanol–water partition coefficient (Wildman–Crippen LogP) is 3.86. The molecule has 0 bridgehead atoms. The molecule has 0 amide bonds. The van der Waals surface area contributed by atoms with Gasteiger partial charge in [0.05, 0.1) is 10.5 Å². The summed E-state index contributed by atoms with van der Waals surface area (Å²) in [4.78, 5) is 24.9. The zero-order chi connectivity index (χ0) is 23.0. The highest BCUT2D eigenvalue weighted by Crippen LogP contribution is 2.28. The summed E-state index contributed by atoms with van der Waals surface area (Å²) >= 11 is 0. The maximum absolute atomic E-state index is 12.8. The maximum Gasteiger partial charge on any atom is 0.338 e. The van der Waals surface area contributed by atoms with Crippen LogP contribution >= 0.6 is 0 Å². The second kappa shape index (κ2) is 8.22. The Balaban J connectivity index is 1.71. The second-order valence-corrected chi connectivity index (χ2v) is 9.74. The van der Waals surface area contributed by atoms with Gasteiger partial charge in [-0.2, -0.15) is 0 Å². The van der Waals surface area contributed by atoms with Gasteiger partial charge in [0, 0.05) is 31.1 Å². The summed E-state index contributed by atoms with van der Waals surface area (Å²) in [6.45, 7) is 1.53. The van der Waals surface area contributed by atoms with Crippen LogP contribution in [0, 0.1) is 6.92 Å². The third-order valence-electron chi connectivity index (χ3n) is 5.28. The van der Waals surface area contributed by atoms with Crippen molar-refractivity contribution in [2.45, 2.75) is 18.4 Å². The number of ether oxygens (including phenoxy) is 1. The van der Waals surface area contributed by atoms with Gasteiger partial charge in [0.1, 0.15) is 12.2 Å². The van der Waals surface area contributed by atoms with Crippen molar-refractivity contribution in [3.63, 3.8) is 0 Å². The van der Waals surface area contributed by atoms with Crippen molar-refractivity contribution >= 4 is 37.7 Å². The Morgan fingerprint density at radius 3 is 2.53 bits per heavy atom. The summed E-state index contributed by atoms with van der Waals surface area (Å²) in [7, 11) is -0.863. The molecule has 164 valence electrons.